The molecule has 1 saturated heterocycles. The third-order valence-electron chi connectivity index (χ3n) is 4.35. The average molecular weight is 349 g/mol. The SMILES string of the molecule is Cc1noc(-c2cccnc2NCc2ccc(N3CCCC3=O)cc2)n1. The molecule has 3 aromatic rings. The summed E-state index contributed by atoms with van der Waals surface area (Å²) in [5.41, 5.74) is 2.82. The molecule has 1 N–H and O–H groups in total. The van der Waals surface area contributed by atoms with E-state index in [0.29, 0.717) is 30.5 Å². The monoisotopic (exact) mass is 349 g/mol. The van der Waals surface area contributed by atoms with E-state index in [4.69, 9.17) is 4.52 Å². The number of rotatable bonds is 5. The fourth-order valence-electron chi connectivity index (χ4n) is 3.03. The molecule has 0 spiro atoms. The standard InChI is InChI=1S/C19H19N5O2/c1-13-22-19(26-23-13)16-4-2-10-20-18(16)21-12-14-6-8-15(9-7-14)24-11-3-5-17(24)25/h2,4,6-10H,3,5,11-12H2,1H3,(H,20,21). The van der Waals surface area contributed by atoms with Gasteiger partial charge in [-0.05, 0) is 43.2 Å². The third-order valence-corrected chi connectivity index (χ3v) is 4.35. The molecular weight excluding hydrogens is 330 g/mol. The van der Waals surface area contributed by atoms with Crippen LogP contribution in [0.3, 0.4) is 0 Å². The van der Waals surface area contributed by atoms with Crippen LogP contribution in [0.25, 0.3) is 11.5 Å². The molecule has 7 heteroatoms. The predicted octanol–water partition coefficient (Wildman–Crippen LogP) is 3.18. The van der Waals surface area contributed by atoms with Crippen molar-refractivity contribution in [2.45, 2.75) is 26.3 Å². The zero-order chi connectivity index (χ0) is 17.9. The van der Waals surface area contributed by atoms with Crippen LogP contribution in [0.1, 0.15) is 24.2 Å². The first-order valence-corrected chi connectivity index (χ1v) is 8.59. The lowest BCUT2D eigenvalue weighted by Gasteiger charge is -2.16. The molecule has 1 fully saturated rings. The Balaban J connectivity index is 1.47. The first-order chi connectivity index (χ1) is 12.7. The van der Waals surface area contributed by atoms with E-state index in [1.54, 1.807) is 13.1 Å². The summed E-state index contributed by atoms with van der Waals surface area (Å²) in [6, 6.07) is 11.7. The Morgan fingerprint density at radius 3 is 2.77 bits per heavy atom. The predicted molar refractivity (Wildman–Crippen MR) is 97.6 cm³/mol. The number of amides is 1. The summed E-state index contributed by atoms with van der Waals surface area (Å²) in [5.74, 6) is 1.92. The molecule has 0 saturated carbocycles. The summed E-state index contributed by atoms with van der Waals surface area (Å²) in [5, 5.41) is 7.15. The highest BCUT2D eigenvalue weighted by molar-refractivity contribution is 5.95. The van der Waals surface area contributed by atoms with Crippen LogP contribution in [-0.4, -0.2) is 27.6 Å². The van der Waals surface area contributed by atoms with Gasteiger partial charge in [0.25, 0.3) is 5.89 Å². The molecule has 0 atom stereocenters. The maximum Gasteiger partial charge on any atom is 0.261 e. The first-order valence-electron chi connectivity index (χ1n) is 8.59. The summed E-state index contributed by atoms with van der Waals surface area (Å²) >= 11 is 0. The maximum atomic E-state index is 11.8. The van der Waals surface area contributed by atoms with E-state index >= 15 is 0 Å². The van der Waals surface area contributed by atoms with Crippen LogP contribution in [0.5, 0.6) is 0 Å². The number of pyridine rings is 1. The molecule has 2 aromatic heterocycles. The van der Waals surface area contributed by atoms with Gasteiger partial charge in [-0.25, -0.2) is 4.98 Å². The van der Waals surface area contributed by atoms with Crippen molar-refractivity contribution in [1.82, 2.24) is 15.1 Å². The number of nitrogens with zero attached hydrogens (tertiary/aromatic N) is 4. The van der Waals surface area contributed by atoms with Crippen molar-refractivity contribution in [3.8, 4) is 11.5 Å². The van der Waals surface area contributed by atoms with Crippen LogP contribution >= 0.6 is 0 Å². The summed E-state index contributed by atoms with van der Waals surface area (Å²) < 4.78 is 5.25. The fourth-order valence-corrected chi connectivity index (χ4v) is 3.03. The second-order valence-corrected chi connectivity index (χ2v) is 6.22. The molecule has 1 aromatic carbocycles. The lowest BCUT2D eigenvalue weighted by Crippen LogP contribution is -2.23. The van der Waals surface area contributed by atoms with Crippen molar-refractivity contribution in [3.63, 3.8) is 0 Å². The van der Waals surface area contributed by atoms with Crippen molar-refractivity contribution in [3.05, 3.63) is 54.0 Å². The van der Waals surface area contributed by atoms with E-state index in [-0.39, 0.29) is 5.91 Å². The van der Waals surface area contributed by atoms with Crippen molar-refractivity contribution in [1.29, 1.82) is 0 Å². The van der Waals surface area contributed by atoms with E-state index < -0.39 is 0 Å². The molecule has 0 unspecified atom stereocenters. The highest BCUT2D eigenvalue weighted by Gasteiger charge is 2.21. The number of aromatic nitrogens is 3. The summed E-state index contributed by atoms with van der Waals surface area (Å²) in [4.78, 5) is 22.3. The number of aryl methyl sites for hydroxylation is 1. The number of carbonyl (C=O) groups excluding carboxylic acids is 1. The van der Waals surface area contributed by atoms with Gasteiger partial charge < -0.3 is 14.7 Å². The van der Waals surface area contributed by atoms with Gasteiger partial charge in [-0.15, -0.1) is 0 Å². The molecular formula is C19H19N5O2. The van der Waals surface area contributed by atoms with Gasteiger partial charge in [0.05, 0.1) is 5.56 Å². The Morgan fingerprint density at radius 1 is 1.23 bits per heavy atom. The maximum absolute atomic E-state index is 11.8. The average Bonchev–Trinajstić information content (AvgIpc) is 3.29. The topological polar surface area (TPSA) is 84.2 Å². The lowest BCUT2D eigenvalue weighted by atomic mass is 10.2. The van der Waals surface area contributed by atoms with Crippen molar-refractivity contribution >= 4 is 17.4 Å². The molecule has 3 heterocycles. The second-order valence-electron chi connectivity index (χ2n) is 6.22. The molecule has 0 aliphatic carbocycles. The van der Waals surface area contributed by atoms with E-state index in [0.717, 1.165) is 29.8 Å². The number of anilines is 2. The third kappa shape index (κ3) is 3.28. The zero-order valence-corrected chi connectivity index (χ0v) is 14.5. The quantitative estimate of drug-likeness (QED) is 0.761. The Kier molecular flexibility index (Phi) is 4.35. The number of benzene rings is 1. The van der Waals surface area contributed by atoms with Gasteiger partial charge in [-0.1, -0.05) is 17.3 Å². The Labute approximate surface area is 151 Å². The van der Waals surface area contributed by atoms with E-state index in [9.17, 15) is 4.79 Å². The Hall–Kier alpha value is -3.22. The number of carbonyl (C=O) groups is 1. The Bertz CT molecular complexity index is 920. The minimum absolute atomic E-state index is 0.198. The minimum atomic E-state index is 0.198. The summed E-state index contributed by atoms with van der Waals surface area (Å²) in [6.45, 7) is 3.19. The number of hydrogen-bond donors (Lipinski definition) is 1. The molecule has 4 rings (SSSR count). The molecule has 132 valence electrons. The minimum Gasteiger partial charge on any atom is -0.365 e. The smallest absolute Gasteiger partial charge is 0.261 e. The Morgan fingerprint density at radius 2 is 2.08 bits per heavy atom. The van der Waals surface area contributed by atoms with Crippen molar-refractivity contribution in [2.24, 2.45) is 0 Å². The lowest BCUT2D eigenvalue weighted by molar-refractivity contribution is -0.117. The summed E-state index contributed by atoms with van der Waals surface area (Å²) in [6.07, 6.45) is 3.29. The summed E-state index contributed by atoms with van der Waals surface area (Å²) in [7, 11) is 0. The van der Waals surface area contributed by atoms with Crippen LogP contribution in [0.2, 0.25) is 0 Å². The highest BCUT2D eigenvalue weighted by Crippen LogP contribution is 2.25. The van der Waals surface area contributed by atoms with Gasteiger partial charge in [0, 0.05) is 31.4 Å². The van der Waals surface area contributed by atoms with Gasteiger partial charge in [0.1, 0.15) is 5.82 Å². The molecule has 1 aliphatic heterocycles. The molecule has 0 radical (unpaired) electrons. The number of hydrogen-bond acceptors (Lipinski definition) is 6. The largest absolute Gasteiger partial charge is 0.365 e. The van der Waals surface area contributed by atoms with Crippen LogP contribution < -0.4 is 10.2 Å². The highest BCUT2D eigenvalue weighted by atomic mass is 16.5. The molecule has 1 amide bonds. The van der Waals surface area contributed by atoms with Crippen molar-refractivity contribution < 1.29 is 9.32 Å². The van der Waals surface area contributed by atoms with Crippen LogP contribution in [0.4, 0.5) is 11.5 Å². The zero-order valence-electron chi connectivity index (χ0n) is 14.5. The van der Waals surface area contributed by atoms with Crippen LogP contribution in [0.15, 0.2) is 47.1 Å². The second kappa shape index (κ2) is 6.95. The van der Waals surface area contributed by atoms with E-state index in [2.05, 4.69) is 20.4 Å². The van der Waals surface area contributed by atoms with Crippen LogP contribution in [-0.2, 0) is 11.3 Å². The molecule has 26 heavy (non-hydrogen) atoms. The molecule has 1 aliphatic rings. The van der Waals surface area contributed by atoms with E-state index in [1.165, 1.54) is 0 Å². The van der Waals surface area contributed by atoms with Crippen LogP contribution in [0, 0.1) is 6.92 Å². The van der Waals surface area contributed by atoms with Gasteiger partial charge in [-0.3, -0.25) is 4.79 Å². The van der Waals surface area contributed by atoms with Gasteiger partial charge >= 0.3 is 0 Å². The van der Waals surface area contributed by atoms with Crippen molar-refractivity contribution in [2.75, 3.05) is 16.8 Å². The molecule has 0 bridgehead atoms. The van der Waals surface area contributed by atoms with E-state index in [1.807, 2.05) is 41.3 Å². The number of nitrogens with one attached hydrogen (secondary N) is 1. The first kappa shape index (κ1) is 16.3. The van der Waals surface area contributed by atoms with Gasteiger partial charge in [0.2, 0.25) is 5.91 Å². The molecule has 7 nitrogen and oxygen atoms in total. The van der Waals surface area contributed by atoms with Gasteiger partial charge in [-0.2, -0.15) is 4.98 Å². The fraction of sp³-hybridized carbons (Fsp3) is 0.263. The normalized spacial score (nSPS) is 14.0. The van der Waals surface area contributed by atoms with Gasteiger partial charge in [0.15, 0.2) is 5.82 Å².